The summed E-state index contributed by atoms with van der Waals surface area (Å²) in [5, 5.41) is 10.6. The number of rotatable bonds is 66. The van der Waals surface area contributed by atoms with Gasteiger partial charge in [-0.3, -0.25) is 37.3 Å². The molecule has 0 heterocycles. The van der Waals surface area contributed by atoms with E-state index < -0.39 is 97.5 Å². The van der Waals surface area contributed by atoms with E-state index in [1.807, 2.05) is 0 Å². The van der Waals surface area contributed by atoms with Crippen LogP contribution in [0.5, 0.6) is 0 Å². The summed E-state index contributed by atoms with van der Waals surface area (Å²) in [5.74, 6) is 0.803. The van der Waals surface area contributed by atoms with E-state index in [9.17, 15) is 43.2 Å². The topological polar surface area (TPSA) is 237 Å². The largest absolute Gasteiger partial charge is 0.472 e. The van der Waals surface area contributed by atoms with Gasteiger partial charge in [0.1, 0.15) is 19.3 Å². The number of ether oxygens (including phenoxy) is 4. The van der Waals surface area contributed by atoms with Crippen molar-refractivity contribution in [3.63, 3.8) is 0 Å². The second-order valence-corrected chi connectivity index (χ2v) is 29.5. The van der Waals surface area contributed by atoms with Gasteiger partial charge in [0.25, 0.3) is 0 Å². The van der Waals surface area contributed by atoms with Gasteiger partial charge < -0.3 is 33.8 Å². The molecule has 19 heteroatoms. The molecule has 0 saturated heterocycles. The molecular weight excluding hydrogens is 1160 g/mol. The predicted molar refractivity (Wildman–Crippen MR) is 354 cm³/mol. The molecule has 0 aromatic heterocycles. The van der Waals surface area contributed by atoms with E-state index >= 15 is 0 Å². The highest BCUT2D eigenvalue weighted by Gasteiger charge is 2.30. The van der Waals surface area contributed by atoms with Crippen molar-refractivity contribution in [2.45, 2.75) is 356 Å². The molecular formula is C69H134O17P2. The summed E-state index contributed by atoms with van der Waals surface area (Å²) < 4.78 is 68.2. The molecule has 0 saturated carbocycles. The second kappa shape index (κ2) is 58.8. The molecule has 0 bridgehead atoms. The zero-order chi connectivity index (χ0) is 65.4. The fraction of sp³-hybridized carbons (Fsp3) is 0.942. The first-order chi connectivity index (χ1) is 42.1. The van der Waals surface area contributed by atoms with E-state index in [-0.39, 0.29) is 25.7 Å². The van der Waals surface area contributed by atoms with Crippen LogP contribution in [0.2, 0.25) is 0 Å². The van der Waals surface area contributed by atoms with Crippen molar-refractivity contribution in [1.29, 1.82) is 0 Å². The van der Waals surface area contributed by atoms with Crippen LogP contribution in [0.4, 0.5) is 0 Å². The SMILES string of the molecule is CCC(C)CCCCCCCCC(=O)O[C@H](COC(=O)CCCCCCCCCCCC(C)C)COP(=O)(O)OC[C@@H](O)COP(=O)(O)OC[C@@H](COC(=O)CCCCCCCCC(C)C)OC(=O)CCCCCCCCCCCCCCCCC(C)C. The van der Waals surface area contributed by atoms with Crippen LogP contribution in [0.1, 0.15) is 338 Å². The Balaban J connectivity index is 5.21. The fourth-order valence-corrected chi connectivity index (χ4v) is 11.9. The van der Waals surface area contributed by atoms with Crippen molar-refractivity contribution in [2.75, 3.05) is 39.6 Å². The quantitative estimate of drug-likeness (QED) is 0.0222. The van der Waals surface area contributed by atoms with Gasteiger partial charge in [0.2, 0.25) is 0 Å². The van der Waals surface area contributed by atoms with Crippen LogP contribution in [-0.2, 0) is 65.4 Å². The van der Waals surface area contributed by atoms with Crippen molar-refractivity contribution < 1.29 is 80.2 Å². The summed E-state index contributed by atoms with van der Waals surface area (Å²) >= 11 is 0. The summed E-state index contributed by atoms with van der Waals surface area (Å²) in [6.07, 6.45) is 40.5. The Morgan fingerprint density at radius 2 is 0.545 bits per heavy atom. The number of carbonyl (C=O) groups excluding carboxylic acids is 4. The average Bonchev–Trinajstić information content (AvgIpc) is 3.69. The number of aliphatic hydroxyl groups excluding tert-OH is 1. The summed E-state index contributed by atoms with van der Waals surface area (Å²) in [6.45, 7) is 14.0. The molecule has 88 heavy (non-hydrogen) atoms. The summed E-state index contributed by atoms with van der Waals surface area (Å²) in [5.41, 5.74) is 0. The van der Waals surface area contributed by atoms with E-state index in [0.29, 0.717) is 31.6 Å². The minimum atomic E-state index is -4.95. The first-order valence-electron chi connectivity index (χ1n) is 35.7. The molecule has 522 valence electrons. The minimum Gasteiger partial charge on any atom is -0.462 e. The number of hydrogen-bond donors (Lipinski definition) is 3. The van der Waals surface area contributed by atoms with Crippen molar-refractivity contribution in [3.8, 4) is 0 Å². The Morgan fingerprint density at radius 1 is 0.318 bits per heavy atom. The average molecular weight is 1300 g/mol. The first kappa shape index (κ1) is 86.1. The van der Waals surface area contributed by atoms with Gasteiger partial charge >= 0.3 is 39.5 Å². The van der Waals surface area contributed by atoms with Crippen LogP contribution in [0.3, 0.4) is 0 Å². The minimum absolute atomic E-state index is 0.102. The number of phosphoric ester groups is 2. The number of carbonyl (C=O) groups is 4. The number of hydrogen-bond acceptors (Lipinski definition) is 15. The summed E-state index contributed by atoms with van der Waals surface area (Å²) in [4.78, 5) is 72.4. The van der Waals surface area contributed by atoms with Crippen molar-refractivity contribution >= 4 is 39.5 Å². The van der Waals surface area contributed by atoms with Gasteiger partial charge in [-0.25, -0.2) is 9.13 Å². The zero-order valence-corrected chi connectivity index (χ0v) is 59.1. The van der Waals surface area contributed by atoms with E-state index in [1.54, 1.807) is 0 Å². The van der Waals surface area contributed by atoms with E-state index in [1.165, 1.54) is 135 Å². The molecule has 3 unspecified atom stereocenters. The van der Waals surface area contributed by atoms with Crippen LogP contribution >= 0.6 is 15.6 Å². The van der Waals surface area contributed by atoms with Gasteiger partial charge in [-0.15, -0.1) is 0 Å². The zero-order valence-electron chi connectivity index (χ0n) is 57.3. The van der Waals surface area contributed by atoms with Gasteiger partial charge in [-0.1, -0.05) is 287 Å². The number of unbranched alkanes of at least 4 members (excludes halogenated alkanes) is 31. The molecule has 6 atom stereocenters. The Bertz CT molecular complexity index is 1750. The predicted octanol–water partition coefficient (Wildman–Crippen LogP) is 19.3. The first-order valence-corrected chi connectivity index (χ1v) is 38.7. The highest BCUT2D eigenvalue weighted by molar-refractivity contribution is 7.47. The highest BCUT2D eigenvalue weighted by Crippen LogP contribution is 2.45. The molecule has 0 radical (unpaired) electrons. The monoisotopic (exact) mass is 1300 g/mol. The van der Waals surface area contributed by atoms with Crippen molar-refractivity contribution in [1.82, 2.24) is 0 Å². The normalized spacial score (nSPS) is 14.6. The molecule has 0 aliphatic carbocycles. The molecule has 0 aromatic rings. The van der Waals surface area contributed by atoms with Crippen molar-refractivity contribution in [3.05, 3.63) is 0 Å². The van der Waals surface area contributed by atoms with Gasteiger partial charge in [0, 0.05) is 25.7 Å². The van der Waals surface area contributed by atoms with E-state index in [4.69, 9.17) is 37.0 Å². The van der Waals surface area contributed by atoms with Crippen LogP contribution < -0.4 is 0 Å². The molecule has 0 amide bonds. The van der Waals surface area contributed by atoms with Crippen LogP contribution in [0, 0.1) is 23.7 Å². The standard InChI is InChI=1S/C69H134O17P2/c1-9-62(8)48-40-32-26-28-36-44-52-69(74)86-65(55-79-66(71)49-41-33-23-20-16-18-22-30-38-46-60(4)5)58-84-88(77,78)82-54-63(70)53-81-87(75,76)83-57-64(56-80-67(72)50-42-34-27-25-31-39-47-61(6)7)85-68(73)51-43-35-24-19-15-13-11-10-12-14-17-21-29-37-45-59(2)3/h59-65,70H,9-58H2,1-8H3,(H,75,76)(H,77,78)/t62?,63-,64+,65+/m0/s1. The van der Waals surface area contributed by atoms with Crippen LogP contribution in [-0.4, -0.2) is 96.7 Å². The second-order valence-electron chi connectivity index (χ2n) is 26.6. The lowest BCUT2D eigenvalue weighted by molar-refractivity contribution is -0.161. The Labute approximate surface area is 537 Å². The Morgan fingerprint density at radius 3 is 0.807 bits per heavy atom. The molecule has 0 aromatic carbocycles. The summed E-state index contributed by atoms with van der Waals surface area (Å²) in [6, 6.07) is 0. The fourth-order valence-electron chi connectivity index (χ4n) is 10.3. The van der Waals surface area contributed by atoms with Crippen LogP contribution in [0.25, 0.3) is 0 Å². The third kappa shape index (κ3) is 61.6. The van der Waals surface area contributed by atoms with Gasteiger partial charge in [-0.05, 0) is 49.4 Å². The molecule has 0 spiro atoms. The maximum atomic E-state index is 13.0. The van der Waals surface area contributed by atoms with E-state index in [0.717, 1.165) is 114 Å². The molecule has 3 N–H and O–H groups in total. The Hall–Kier alpha value is -1.94. The van der Waals surface area contributed by atoms with Gasteiger partial charge in [0.15, 0.2) is 12.2 Å². The lowest BCUT2D eigenvalue weighted by atomic mass is 10.00. The lowest BCUT2D eigenvalue weighted by Crippen LogP contribution is -2.30. The number of phosphoric acid groups is 2. The molecule has 17 nitrogen and oxygen atoms in total. The molecule has 0 fully saturated rings. The maximum absolute atomic E-state index is 13.0. The molecule has 0 rings (SSSR count). The lowest BCUT2D eigenvalue weighted by Gasteiger charge is -2.21. The van der Waals surface area contributed by atoms with Gasteiger partial charge in [-0.2, -0.15) is 0 Å². The molecule has 0 aliphatic rings. The van der Waals surface area contributed by atoms with Gasteiger partial charge in [0.05, 0.1) is 26.4 Å². The third-order valence-electron chi connectivity index (χ3n) is 16.2. The van der Waals surface area contributed by atoms with Crippen molar-refractivity contribution in [2.24, 2.45) is 23.7 Å². The summed E-state index contributed by atoms with van der Waals surface area (Å²) in [7, 11) is -9.90. The third-order valence-corrected chi connectivity index (χ3v) is 18.1. The van der Waals surface area contributed by atoms with Crippen LogP contribution in [0.15, 0.2) is 0 Å². The highest BCUT2D eigenvalue weighted by atomic mass is 31.2. The Kier molecular flexibility index (Phi) is 57.6. The maximum Gasteiger partial charge on any atom is 0.472 e. The number of esters is 4. The smallest absolute Gasteiger partial charge is 0.462 e. The molecule has 0 aliphatic heterocycles. The number of aliphatic hydroxyl groups is 1. The van der Waals surface area contributed by atoms with E-state index in [2.05, 4.69) is 55.4 Å².